The largest absolute Gasteiger partial charge is 0.493 e. The van der Waals surface area contributed by atoms with Crippen molar-refractivity contribution in [3.05, 3.63) is 48.0 Å². The van der Waals surface area contributed by atoms with Crippen LogP contribution in [0.3, 0.4) is 0 Å². The van der Waals surface area contributed by atoms with E-state index < -0.39 is 6.04 Å². The van der Waals surface area contributed by atoms with E-state index in [0.29, 0.717) is 34.6 Å². The van der Waals surface area contributed by atoms with Crippen molar-refractivity contribution >= 4 is 46.0 Å². The summed E-state index contributed by atoms with van der Waals surface area (Å²) in [7, 11) is 3.09. The molecule has 0 unspecified atom stereocenters. The number of thioether (sulfide) groups is 1. The summed E-state index contributed by atoms with van der Waals surface area (Å²) < 4.78 is 10.5. The van der Waals surface area contributed by atoms with Crippen molar-refractivity contribution in [3.63, 3.8) is 0 Å². The third kappa shape index (κ3) is 4.20. The first kappa shape index (κ1) is 21.9. The Bertz CT molecular complexity index is 1110. The van der Waals surface area contributed by atoms with Crippen LogP contribution in [0.25, 0.3) is 0 Å². The highest BCUT2D eigenvalue weighted by atomic mass is 32.2. The molecule has 0 bridgehead atoms. The Morgan fingerprint density at radius 2 is 1.94 bits per heavy atom. The van der Waals surface area contributed by atoms with Crippen LogP contribution < -0.4 is 14.8 Å². The number of hydrogen-bond donors (Lipinski definition) is 1. The minimum atomic E-state index is -0.410. The maximum atomic E-state index is 13.0. The Kier molecular flexibility index (Phi) is 6.45. The number of nitrogens with one attached hydrogen (secondary N) is 1. The van der Waals surface area contributed by atoms with E-state index in [0.717, 1.165) is 17.7 Å². The van der Waals surface area contributed by atoms with Crippen LogP contribution in [-0.2, 0) is 9.59 Å². The number of methoxy groups -OCH3 is 2. The molecule has 0 fully saturated rings. The number of aliphatic imine (C=N–C) groups is 2. The molecule has 32 heavy (non-hydrogen) atoms. The molecule has 166 valence electrons. The molecule has 0 aromatic heterocycles. The standard InChI is InChI=1S/C23H24N4O4S/c1-4-7-17-22(29)27-21(25-17)15-8-5-6-9-16(15)26-23(27)32-13-20(28)24-14-10-11-18(30-2)19(12-14)31-3/h5-6,8-12,17H,4,7,13H2,1-3H3,(H,24,28)/t17-/m1/s1. The summed E-state index contributed by atoms with van der Waals surface area (Å²) in [5, 5.41) is 3.31. The third-order valence-electron chi connectivity index (χ3n) is 5.11. The van der Waals surface area contributed by atoms with Crippen LogP contribution in [0, 0.1) is 0 Å². The average Bonchev–Trinajstić information content (AvgIpc) is 3.14. The lowest BCUT2D eigenvalue weighted by atomic mass is 10.1. The topological polar surface area (TPSA) is 92.6 Å². The van der Waals surface area contributed by atoms with E-state index in [2.05, 4.69) is 15.3 Å². The first-order valence-electron chi connectivity index (χ1n) is 10.3. The molecule has 2 heterocycles. The molecule has 0 aliphatic carbocycles. The van der Waals surface area contributed by atoms with E-state index in [1.165, 1.54) is 18.9 Å². The summed E-state index contributed by atoms with van der Waals surface area (Å²) in [6, 6.07) is 12.3. The van der Waals surface area contributed by atoms with Gasteiger partial charge in [-0.2, -0.15) is 0 Å². The summed E-state index contributed by atoms with van der Waals surface area (Å²) in [6.07, 6.45) is 1.54. The molecule has 0 saturated heterocycles. The number of nitrogens with zero attached hydrogens (tertiary/aromatic N) is 3. The van der Waals surface area contributed by atoms with Crippen molar-refractivity contribution in [2.45, 2.75) is 25.8 Å². The van der Waals surface area contributed by atoms with E-state index in [1.807, 2.05) is 31.2 Å². The Hall–Kier alpha value is -3.33. The van der Waals surface area contributed by atoms with E-state index in [9.17, 15) is 9.59 Å². The predicted molar refractivity (Wildman–Crippen MR) is 126 cm³/mol. The molecule has 2 aliphatic heterocycles. The zero-order valence-electron chi connectivity index (χ0n) is 18.1. The number of para-hydroxylation sites is 1. The first-order chi connectivity index (χ1) is 15.5. The van der Waals surface area contributed by atoms with Crippen molar-refractivity contribution in [3.8, 4) is 11.5 Å². The highest BCUT2D eigenvalue weighted by Gasteiger charge is 2.40. The van der Waals surface area contributed by atoms with Gasteiger partial charge >= 0.3 is 0 Å². The summed E-state index contributed by atoms with van der Waals surface area (Å²) >= 11 is 1.21. The van der Waals surface area contributed by atoms with Gasteiger partial charge in [0.15, 0.2) is 16.7 Å². The van der Waals surface area contributed by atoms with Gasteiger partial charge in [0, 0.05) is 17.3 Å². The summed E-state index contributed by atoms with van der Waals surface area (Å²) in [5.41, 5.74) is 2.17. The molecule has 2 aromatic carbocycles. The minimum absolute atomic E-state index is 0.0881. The second-order valence-corrected chi connectivity index (χ2v) is 8.19. The van der Waals surface area contributed by atoms with E-state index in [4.69, 9.17) is 9.47 Å². The van der Waals surface area contributed by atoms with Crippen LogP contribution in [0.4, 0.5) is 11.4 Å². The minimum Gasteiger partial charge on any atom is -0.493 e. The monoisotopic (exact) mass is 452 g/mol. The van der Waals surface area contributed by atoms with Gasteiger partial charge in [-0.25, -0.2) is 9.89 Å². The van der Waals surface area contributed by atoms with Crippen LogP contribution in [-0.4, -0.2) is 53.7 Å². The Labute approximate surface area is 190 Å². The first-order valence-corrected chi connectivity index (χ1v) is 11.3. The summed E-state index contributed by atoms with van der Waals surface area (Å²) in [5.74, 6) is 1.49. The molecule has 0 spiro atoms. The fraction of sp³-hybridized carbons (Fsp3) is 0.304. The fourth-order valence-corrected chi connectivity index (χ4v) is 4.40. The molecule has 8 nitrogen and oxygen atoms in total. The second-order valence-electron chi connectivity index (χ2n) is 7.25. The number of carbonyl (C=O) groups is 2. The van der Waals surface area contributed by atoms with E-state index in [-0.39, 0.29) is 17.6 Å². The van der Waals surface area contributed by atoms with Gasteiger partial charge in [0.2, 0.25) is 5.91 Å². The molecule has 0 saturated carbocycles. The molecular weight excluding hydrogens is 428 g/mol. The van der Waals surface area contributed by atoms with Crippen LogP contribution in [0.15, 0.2) is 52.4 Å². The van der Waals surface area contributed by atoms with Gasteiger partial charge in [0.1, 0.15) is 11.9 Å². The van der Waals surface area contributed by atoms with Crippen LogP contribution in [0.2, 0.25) is 0 Å². The van der Waals surface area contributed by atoms with E-state index in [1.54, 1.807) is 30.2 Å². The van der Waals surface area contributed by atoms with Gasteiger partial charge in [0.05, 0.1) is 25.7 Å². The Morgan fingerprint density at radius 1 is 1.16 bits per heavy atom. The van der Waals surface area contributed by atoms with Crippen molar-refractivity contribution in [1.82, 2.24) is 4.90 Å². The predicted octanol–water partition coefficient (Wildman–Crippen LogP) is 3.83. The zero-order chi connectivity index (χ0) is 22.7. The zero-order valence-corrected chi connectivity index (χ0v) is 18.9. The van der Waals surface area contributed by atoms with Crippen LogP contribution in [0.5, 0.6) is 11.5 Å². The number of ether oxygens (including phenoxy) is 2. The highest BCUT2D eigenvalue weighted by molar-refractivity contribution is 8.14. The van der Waals surface area contributed by atoms with Gasteiger partial charge in [-0.3, -0.25) is 14.6 Å². The van der Waals surface area contributed by atoms with Gasteiger partial charge in [0.25, 0.3) is 5.91 Å². The molecule has 2 aromatic rings. The Morgan fingerprint density at radius 3 is 2.69 bits per heavy atom. The number of rotatable bonds is 7. The van der Waals surface area contributed by atoms with Gasteiger partial charge in [-0.15, -0.1) is 0 Å². The SMILES string of the molecule is CCC[C@H]1N=C2c3ccccc3N=C(SCC(=O)Nc3ccc(OC)c(OC)c3)N2C1=O. The second kappa shape index (κ2) is 9.44. The molecule has 0 radical (unpaired) electrons. The lowest BCUT2D eigenvalue weighted by Crippen LogP contribution is -2.41. The molecule has 1 atom stereocenters. The quantitative estimate of drug-likeness (QED) is 0.689. The Balaban J connectivity index is 1.50. The number of anilines is 1. The lowest BCUT2D eigenvalue weighted by molar-refractivity contribution is -0.124. The molecule has 1 N–H and O–H groups in total. The normalized spacial score (nSPS) is 16.7. The highest BCUT2D eigenvalue weighted by Crippen LogP contribution is 2.34. The number of hydrogen-bond acceptors (Lipinski definition) is 7. The summed E-state index contributed by atoms with van der Waals surface area (Å²) in [6.45, 7) is 2.03. The van der Waals surface area contributed by atoms with Crippen molar-refractivity contribution in [1.29, 1.82) is 0 Å². The lowest BCUT2D eigenvalue weighted by Gasteiger charge is -2.25. The van der Waals surface area contributed by atoms with Gasteiger partial charge < -0.3 is 14.8 Å². The summed E-state index contributed by atoms with van der Waals surface area (Å²) in [4.78, 5) is 36.5. The fourth-order valence-electron chi connectivity index (χ4n) is 3.60. The third-order valence-corrected chi connectivity index (χ3v) is 6.05. The van der Waals surface area contributed by atoms with Crippen molar-refractivity contribution in [2.75, 3.05) is 25.3 Å². The number of carbonyl (C=O) groups excluding carboxylic acids is 2. The van der Waals surface area contributed by atoms with Crippen LogP contribution in [0.1, 0.15) is 25.3 Å². The van der Waals surface area contributed by atoms with Crippen molar-refractivity contribution in [2.24, 2.45) is 9.98 Å². The van der Waals surface area contributed by atoms with Crippen molar-refractivity contribution < 1.29 is 19.1 Å². The van der Waals surface area contributed by atoms with Crippen LogP contribution >= 0.6 is 11.8 Å². The maximum Gasteiger partial charge on any atom is 0.259 e. The number of amidine groups is 2. The number of amides is 2. The smallest absolute Gasteiger partial charge is 0.259 e. The molecule has 9 heteroatoms. The van der Waals surface area contributed by atoms with E-state index >= 15 is 0 Å². The molecule has 2 aliphatic rings. The number of benzene rings is 2. The average molecular weight is 453 g/mol. The molecular formula is C23H24N4O4S. The molecule has 4 rings (SSSR count). The van der Waals surface area contributed by atoms with Gasteiger partial charge in [-0.05, 0) is 30.7 Å². The maximum absolute atomic E-state index is 13.0. The molecule has 2 amide bonds. The number of fused-ring (bicyclic) bond motifs is 3. The van der Waals surface area contributed by atoms with Gasteiger partial charge in [-0.1, -0.05) is 37.2 Å².